The van der Waals surface area contributed by atoms with E-state index in [0.717, 1.165) is 18.7 Å². The third-order valence-corrected chi connectivity index (χ3v) is 4.78. The van der Waals surface area contributed by atoms with Gasteiger partial charge in [-0.3, -0.25) is 9.89 Å². The van der Waals surface area contributed by atoms with Crippen LogP contribution in [0.4, 0.5) is 11.4 Å². The third-order valence-electron chi connectivity index (χ3n) is 4.78. The number of H-pyrrole nitrogens is 1. The fourth-order valence-corrected chi connectivity index (χ4v) is 3.40. The van der Waals surface area contributed by atoms with Gasteiger partial charge < -0.3 is 9.80 Å². The molecule has 0 spiro atoms. The van der Waals surface area contributed by atoms with Crippen LogP contribution in [0.15, 0.2) is 47.4 Å². The van der Waals surface area contributed by atoms with Crippen molar-refractivity contribution >= 4 is 17.0 Å². The van der Waals surface area contributed by atoms with Crippen LogP contribution >= 0.6 is 0 Å². The number of para-hydroxylation sites is 2. The molecule has 0 fully saturated rings. The van der Waals surface area contributed by atoms with Crippen molar-refractivity contribution in [1.29, 1.82) is 0 Å². The number of nitrogens with zero attached hydrogens (tertiary/aromatic N) is 4. The Labute approximate surface area is 140 Å². The summed E-state index contributed by atoms with van der Waals surface area (Å²) in [5, 5.41) is 2.88. The molecule has 0 saturated carbocycles. The molecular weight excluding hydrogens is 302 g/mol. The molecular formula is C18H21N5O. The van der Waals surface area contributed by atoms with Gasteiger partial charge in [0.1, 0.15) is 0 Å². The van der Waals surface area contributed by atoms with Gasteiger partial charge >= 0.3 is 0 Å². The predicted octanol–water partition coefficient (Wildman–Crippen LogP) is 2.26. The van der Waals surface area contributed by atoms with Crippen LogP contribution in [-0.4, -0.2) is 34.2 Å². The Kier molecular flexibility index (Phi) is 3.52. The fourth-order valence-electron chi connectivity index (χ4n) is 3.40. The van der Waals surface area contributed by atoms with Crippen molar-refractivity contribution in [3.8, 4) is 0 Å². The summed E-state index contributed by atoms with van der Waals surface area (Å²) in [6, 6.07) is 12.2. The van der Waals surface area contributed by atoms with Gasteiger partial charge in [-0.15, -0.1) is 0 Å². The number of hydrogen-bond acceptors (Lipinski definition) is 4. The van der Waals surface area contributed by atoms with E-state index in [0.29, 0.717) is 18.2 Å². The number of nitrogens with one attached hydrogen (secondary N) is 1. The smallest absolute Gasteiger partial charge is 0.272 e. The molecule has 0 saturated heterocycles. The van der Waals surface area contributed by atoms with E-state index in [1.807, 2.05) is 6.07 Å². The lowest BCUT2D eigenvalue weighted by molar-refractivity contribution is 0.596. The highest BCUT2D eigenvalue weighted by Gasteiger charge is 2.24. The summed E-state index contributed by atoms with van der Waals surface area (Å²) in [5.41, 5.74) is 3.80. The highest BCUT2D eigenvalue weighted by molar-refractivity contribution is 5.72. The molecule has 4 rings (SSSR count). The first kappa shape index (κ1) is 14.8. The lowest BCUT2D eigenvalue weighted by Gasteiger charge is -2.30. The number of aromatic amines is 1. The number of aromatic nitrogens is 3. The van der Waals surface area contributed by atoms with Gasteiger partial charge in [0.15, 0.2) is 5.65 Å². The zero-order valence-electron chi connectivity index (χ0n) is 13.9. The first-order valence-corrected chi connectivity index (χ1v) is 8.26. The van der Waals surface area contributed by atoms with Crippen LogP contribution in [0.3, 0.4) is 0 Å². The summed E-state index contributed by atoms with van der Waals surface area (Å²) in [6.45, 7) is 3.88. The van der Waals surface area contributed by atoms with Crippen LogP contribution < -0.4 is 15.4 Å². The van der Waals surface area contributed by atoms with Crippen molar-refractivity contribution in [2.75, 3.05) is 23.4 Å². The number of fused-ring (bicyclic) bond motifs is 2. The molecule has 1 aliphatic rings. The minimum atomic E-state index is -0.0760. The molecule has 1 aliphatic heterocycles. The molecule has 0 unspecified atom stereocenters. The molecule has 0 amide bonds. The molecule has 1 N–H and O–H groups in total. The van der Waals surface area contributed by atoms with Gasteiger partial charge in [-0.1, -0.05) is 12.1 Å². The SMILES string of the molecule is C[C@@H]1CCN(C)c2ccccc2N1Cc1cc(=O)n2[nH]ccc2n1. The highest BCUT2D eigenvalue weighted by atomic mass is 16.1. The summed E-state index contributed by atoms with van der Waals surface area (Å²) in [4.78, 5) is 21.5. The third kappa shape index (κ3) is 2.44. The molecule has 2 aromatic heterocycles. The Morgan fingerprint density at radius 3 is 2.88 bits per heavy atom. The Hall–Kier alpha value is -2.76. The van der Waals surface area contributed by atoms with Crippen molar-refractivity contribution in [3.63, 3.8) is 0 Å². The van der Waals surface area contributed by atoms with Gasteiger partial charge in [0.25, 0.3) is 5.56 Å². The summed E-state index contributed by atoms with van der Waals surface area (Å²) in [7, 11) is 2.13. The second-order valence-electron chi connectivity index (χ2n) is 6.42. The van der Waals surface area contributed by atoms with Crippen molar-refractivity contribution in [2.45, 2.75) is 25.9 Å². The van der Waals surface area contributed by atoms with Crippen LogP contribution in [-0.2, 0) is 6.54 Å². The van der Waals surface area contributed by atoms with Crippen molar-refractivity contribution in [1.82, 2.24) is 14.6 Å². The van der Waals surface area contributed by atoms with E-state index in [4.69, 9.17) is 0 Å². The quantitative estimate of drug-likeness (QED) is 0.786. The number of benzene rings is 1. The Bertz CT molecular complexity index is 928. The van der Waals surface area contributed by atoms with Crippen LogP contribution in [0, 0.1) is 0 Å². The molecule has 1 atom stereocenters. The molecule has 124 valence electrons. The monoisotopic (exact) mass is 323 g/mol. The topological polar surface area (TPSA) is 56.6 Å². The van der Waals surface area contributed by atoms with E-state index < -0.39 is 0 Å². The van der Waals surface area contributed by atoms with E-state index in [1.54, 1.807) is 12.3 Å². The second-order valence-corrected chi connectivity index (χ2v) is 6.42. The molecule has 24 heavy (non-hydrogen) atoms. The summed E-state index contributed by atoms with van der Waals surface area (Å²) < 4.78 is 1.46. The minimum absolute atomic E-state index is 0.0760. The van der Waals surface area contributed by atoms with Gasteiger partial charge in [-0.2, -0.15) is 0 Å². The first-order chi connectivity index (χ1) is 11.6. The van der Waals surface area contributed by atoms with Crippen LogP contribution in [0.2, 0.25) is 0 Å². The Morgan fingerprint density at radius 2 is 2.04 bits per heavy atom. The molecule has 3 aromatic rings. The zero-order chi connectivity index (χ0) is 16.7. The van der Waals surface area contributed by atoms with E-state index >= 15 is 0 Å². The van der Waals surface area contributed by atoms with Crippen LogP contribution in [0.5, 0.6) is 0 Å². The Morgan fingerprint density at radius 1 is 1.25 bits per heavy atom. The molecule has 0 aliphatic carbocycles. The molecule has 0 bridgehead atoms. The van der Waals surface area contributed by atoms with Crippen molar-refractivity contribution in [3.05, 3.63) is 58.6 Å². The van der Waals surface area contributed by atoms with Gasteiger partial charge in [0.05, 0.1) is 23.6 Å². The molecule has 1 aromatic carbocycles. The number of anilines is 2. The summed E-state index contributed by atoms with van der Waals surface area (Å²) in [5.74, 6) is 0. The standard InChI is InChI=1S/C18H21N5O/c1-13-8-10-21(2)15-5-3-4-6-16(15)22(13)12-14-11-18(24)23-17(20-14)7-9-19-23/h3-7,9,11,13,19H,8,10,12H2,1-2H3/t13-/m1/s1. The molecule has 6 heteroatoms. The van der Waals surface area contributed by atoms with E-state index in [2.05, 4.69) is 58.1 Å². The number of hydrogen-bond donors (Lipinski definition) is 1. The van der Waals surface area contributed by atoms with Gasteiger partial charge in [0, 0.05) is 38.0 Å². The van der Waals surface area contributed by atoms with Gasteiger partial charge in [-0.25, -0.2) is 9.50 Å². The lowest BCUT2D eigenvalue weighted by atomic mass is 10.1. The average molecular weight is 323 g/mol. The fraction of sp³-hybridized carbons (Fsp3) is 0.333. The molecule has 0 radical (unpaired) electrons. The normalized spacial score (nSPS) is 17.8. The summed E-state index contributed by atoms with van der Waals surface area (Å²) in [6.07, 6.45) is 2.79. The second kappa shape index (κ2) is 5.70. The first-order valence-electron chi connectivity index (χ1n) is 8.26. The van der Waals surface area contributed by atoms with Gasteiger partial charge in [0.2, 0.25) is 0 Å². The molecule has 3 heterocycles. The van der Waals surface area contributed by atoms with Crippen LogP contribution in [0.25, 0.3) is 5.65 Å². The van der Waals surface area contributed by atoms with Crippen molar-refractivity contribution < 1.29 is 0 Å². The maximum Gasteiger partial charge on any atom is 0.272 e. The molecule has 6 nitrogen and oxygen atoms in total. The average Bonchev–Trinajstić information content (AvgIpc) is 3.02. The van der Waals surface area contributed by atoms with E-state index in [9.17, 15) is 4.79 Å². The van der Waals surface area contributed by atoms with Crippen LogP contribution in [0.1, 0.15) is 19.0 Å². The van der Waals surface area contributed by atoms with Gasteiger partial charge in [-0.05, 0) is 25.5 Å². The predicted molar refractivity (Wildman–Crippen MR) is 95.8 cm³/mol. The number of rotatable bonds is 2. The highest BCUT2D eigenvalue weighted by Crippen LogP contribution is 2.34. The summed E-state index contributed by atoms with van der Waals surface area (Å²) >= 11 is 0. The largest absolute Gasteiger partial charge is 0.373 e. The maximum atomic E-state index is 12.2. The zero-order valence-corrected chi connectivity index (χ0v) is 13.9. The minimum Gasteiger partial charge on any atom is -0.373 e. The van der Waals surface area contributed by atoms with E-state index in [1.165, 1.54) is 15.9 Å². The van der Waals surface area contributed by atoms with Crippen molar-refractivity contribution in [2.24, 2.45) is 0 Å². The maximum absolute atomic E-state index is 12.2. The Balaban J connectivity index is 1.76. The van der Waals surface area contributed by atoms with E-state index in [-0.39, 0.29) is 5.56 Å². The lowest BCUT2D eigenvalue weighted by Crippen LogP contribution is -2.33.